The van der Waals surface area contributed by atoms with Crippen molar-refractivity contribution in [2.75, 3.05) is 18.5 Å². The van der Waals surface area contributed by atoms with E-state index in [2.05, 4.69) is 20.6 Å². The average Bonchev–Trinajstić information content (AvgIpc) is 3.44. The van der Waals surface area contributed by atoms with Crippen molar-refractivity contribution in [2.45, 2.75) is 64.3 Å². The quantitative estimate of drug-likeness (QED) is 0.437. The predicted molar refractivity (Wildman–Crippen MR) is 123 cm³/mol. The summed E-state index contributed by atoms with van der Waals surface area (Å²) in [7, 11) is 0. The summed E-state index contributed by atoms with van der Waals surface area (Å²) in [5.74, 6) is -1.67. The van der Waals surface area contributed by atoms with Crippen LogP contribution in [0, 0.1) is 0 Å². The number of alkyl halides is 5. The molecule has 0 spiro atoms. The fourth-order valence-electron chi connectivity index (χ4n) is 3.67. The van der Waals surface area contributed by atoms with Crippen LogP contribution < -0.4 is 10.6 Å². The molecule has 2 aromatic rings. The fourth-order valence-corrected chi connectivity index (χ4v) is 4.66. The number of rotatable bonds is 8. The number of pyridine rings is 1. The van der Waals surface area contributed by atoms with Gasteiger partial charge in [0.2, 0.25) is 0 Å². The largest absolute Gasteiger partial charge is 0.408 e. The number of nitrogens with one attached hydrogen (secondary N) is 2. The lowest BCUT2D eigenvalue weighted by molar-refractivity contribution is -0.138. The van der Waals surface area contributed by atoms with Crippen LogP contribution in [0.4, 0.5) is 27.8 Å². The third-order valence-corrected chi connectivity index (χ3v) is 6.85. The van der Waals surface area contributed by atoms with Gasteiger partial charge in [0.25, 0.3) is 18.2 Å². The summed E-state index contributed by atoms with van der Waals surface area (Å²) in [5.41, 5.74) is -1.09. The van der Waals surface area contributed by atoms with Gasteiger partial charge < -0.3 is 20.6 Å². The van der Waals surface area contributed by atoms with Gasteiger partial charge in [-0.05, 0) is 39.7 Å². The highest BCUT2D eigenvalue weighted by atomic mass is 32.1. The van der Waals surface area contributed by atoms with Crippen LogP contribution >= 0.6 is 11.3 Å². The molecule has 1 fully saturated rings. The maximum Gasteiger partial charge on any atom is 0.408 e. The van der Waals surface area contributed by atoms with Gasteiger partial charge >= 0.3 is 6.18 Å². The maximum absolute atomic E-state index is 14.0. The molecule has 0 bridgehead atoms. The van der Waals surface area contributed by atoms with Gasteiger partial charge in [0.1, 0.15) is 17.6 Å². The van der Waals surface area contributed by atoms with E-state index in [0.29, 0.717) is 17.9 Å². The molecule has 2 amide bonds. The molecule has 0 saturated carbocycles. The molecule has 0 aliphatic carbocycles. The van der Waals surface area contributed by atoms with Crippen LogP contribution in [0.25, 0.3) is 10.4 Å². The Labute approximate surface area is 207 Å². The number of aliphatic hydroxyl groups excluding tert-OH is 1. The number of anilines is 1. The van der Waals surface area contributed by atoms with E-state index in [9.17, 15) is 36.6 Å². The molecular formula is C22H26F5N5O3S. The normalized spacial score (nSPS) is 17.8. The molecule has 2 unspecified atom stereocenters. The minimum atomic E-state index is -4.62. The molecule has 8 nitrogen and oxygen atoms in total. The number of aliphatic hydroxyl groups is 1. The molecule has 1 aliphatic rings. The van der Waals surface area contributed by atoms with E-state index in [0.717, 1.165) is 32.0 Å². The first-order chi connectivity index (χ1) is 16.8. The van der Waals surface area contributed by atoms with Crippen LogP contribution in [0.2, 0.25) is 0 Å². The van der Waals surface area contributed by atoms with Crippen LogP contribution in [0.15, 0.2) is 12.3 Å². The van der Waals surface area contributed by atoms with Crippen molar-refractivity contribution in [2.24, 2.45) is 0 Å². The number of nitrogens with zero attached hydrogens (tertiary/aromatic N) is 3. The van der Waals surface area contributed by atoms with Gasteiger partial charge in [-0.25, -0.2) is 18.7 Å². The Kier molecular flexibility index (Phi) is 8.49. The van der Waals surface area contributed by atoms with Gasteiger partial charge in [-0.3, -0.25) is 9.59 Å². The Morgan fingerprint density at radius 2 is 2.00 bits per heavy atom. The zero-order chi connectivity index (χ0) is 26.8. The van der Waals surface area contributed by atoms with Crippen molar-refractivity contribution < 1.29 is 36.6 Å². The SMILES string of the molecule is CC(CO)NC(=O)c1nc(C(=O)N2CCC[C@@H]2C)c(-c2cnc(NC(C)C(F)(F)F)cc2C(F)F)s1. The van der Waals surface area contributed by atoms with Gasteiger partial charge in [-0.15, -0.1) is 11.3 Å². The van der Waals surface area contributed by atoms with Gasteiger partial charge in [0.05, 0.1) is 11.5 Å². The van der Waals surface area contributed by atoms with Crippen molar-refractivity contribution in [3.63, 3.8) is 0 Å². The van der Waals surface area contributed by atoms with Crippen molar-refractivity contribution in [3.8, 4) is 10.4 Å². The first-order valence-corrected chi connectivity index (χ1v) is 12.0. The highest BCUT2D eigenvalue weighted by Crippen LogP contribution is 2.39. The van der Waals surface area contributed by atoms with Gasteiger partial charge in [0.15, 0.2) is 5.01 Å². The third kappa shape index (κ3) is 6.09. The average molecular weight is 536 g/mol. The smallest absolute Gasteiger partial charge is 0.394 e. The second kappa shape index (κ2) is 11.0. The van der Waals surface area contributed by atoms with E-state index in [1.54, 1.807) is 0 Å². The zero-order valence-electron chi connectivity index (χ0n) is 19.7. The molecule has 3 rings (SSSR count). The summed E-state index contributed by atoms with van der Waals surface area (Å²) in [6.45, 7) is 4.27. The van der Waals surface area contributed by atoms with Gasteiger partial charge in [-0.1, -0.05) is 0 Å². The summed E-state index contributed by atoms with van der Waals surface area (Å²) in [6.07, 6.45) is -5.30. The predicted octanol–water partition coefficient (Wildman–Crippen LogP) is 4.24. The van der Waals surface area contributed by atoms with E-state index in [-0.39, 0.29) is 33.8 Å². The minimum Gasteiger partial charge on any atom is -0.394 e. The number of halogens is 5. The molecule has 3 atom stereocenters. The standard InChI is InChI=1S/C22H26F5N5O3S/c1-10(9-33)29-19(34)20-31-16(21(35)32-6-4-5-11(32)2)17(36-20)14-8-28-15(7-13(14)18(23)24)30-12(3)22(25,26)27/h7-8,10-12,18,33H,4-6,9H2,1-3H3,(H,28,30)(H,29,34)/t10?,11-,12?/m0/s1. The summed E-state index contributed by atoms with van der Waals surface area (Å²) < 4.78 is 66.8. The van der Waals surface area contributed by atoms with E-state index >= 15 is 0 Å². The van der Waals surface area contributed by atoms with Gasteiger partial charge in [-0.2, -0.15) is 13.2 Å². The van der Waals surface area contributed by atoms with Crippen molar-refractivity contribution >= 4 is 29.0 Å². The molecule has 2 aromatic heterocycles. The third-order valence-electron chi connectivity index (χ3n) is 5.76. The molecule has 3 heterocycles. The van der Waals surface area contributed by atoms with Crippen LogP contribution in [-0.4, -0.2) is 69.2 Å². The van der Waals surface area contributed by atoms with Crippen LogP contribution in [0.5, 0.6) is 0 Å². The lowest BCUT2D eigenvalue weighted by atomic mass is 10.1. The number of hydrogen-bond acceptors (Lipinski definition) is 7. The summed E-state index contributed by atoms with van der Waals surface area (Å²) in [4.78, 5) is 35.5. The monoisotopic (exact) mass is 535 g/mol. The van der Waals surface area contributed by atoms with Gasteiger partial charge in [0, 0.05) is 36.0 Å². The Hall–Kier alpha value is -2.87. The molecule has 1 saturated heterocycles. The molecular weight excluding hydrogens is 509 g/mol. The number of aromatic nitrogens is 2. The fraction of sp³-hybridized carbons (Fsp3) is 0.545. The molecule has 3 N–H and O–H groups in total. The summed E-state index contributed by atoms with van der Waals surface area (Å²) >= 11 is 0.691. The zero-order valence-corrected chi connectivity index (χ0v) is 20.5. The number of thiazole rings is 1. The number of carbonyl (C=O) groups is 2. The second-order valence-electron chi connectivity index (χ2n) is 8.61. The van der Waals surface area contributed by atoms with Crippen LogP contribution in [-0.2, 0) is 0 Å². The van der Waals surface area contributed by atoms with Crippen LogP contribution in [0.3, 0.4) is 0 Å². The Morgan fingerprint density at radius 1 is 1.31 bits per heavy atom. The topological polar surface area (TPSA) is 107 Å². The van der Waals surface area contributed by atoms with E-state index < -0.39 is 47.9 Å². The maximum atomic E-state index is 14.0. The first kappa shape index (κ1) is 27.7. The van der Waals surface area contributed by atoms with E-state index in [4.69, 9.17) is 0 Å². The van der Waals surface area contributed by atoms with E-state index in [1.165, 1.54) is 11.8 Å². The van der Waals surface area contributed by atoms with Crippen LogP contribution in [0.1, 0.15) is 65.9 Å². The lowest BCUT2D eigenvalue weighted by Crippen LogP contribution is -2.35. The van der Waals surface area contributed by atoms with Crippen molar-refractivity contribution in [3.05, 3.63) is 28.5 Å². The molecule has 36 heavy (non-hydrogen) atoms. The number of hydrogen-bond donors (Lipinski definition) is 3. The van der Waals surface area contributed by atoms with Crippen molar-refractivity contribution in [1.29, 1.82) is 0 Å². The van der Waals surface area contributed by atoms with E-state index in [1.807, 2.05) is 6.92 Å². The second-order valence-corrected chi connectivity index (χ2v) is 9.61. The molecule has 0 radical (unpaired) electrons. The molecule has 1 aliphatic heterocycles. The number of carbonyl (C=O) groups excluding carboxylic acids is 2. The number of likely N-dealkylation sites (tertiary alicyclic amines) is 1. The Balaban J connectivity index is 2.09. The molecule has 198 valence electrons. The minimum absolute atomic E-state index is 0.0425. The summed E-state index contributed by atoms with van der Waals surface area (Å²) in [5, 5.41) is 13.6. The first-order valence-electron chi connectivity index (χ1n) is 11.2. The number of amides is 2. The Bertz CT molecular complexity index is 1110. The Morgan fingerprint density at radius 3 is 2.56 bits per heavy atom. The molecule has 0 aromatic carbocycles. The van der Waals surface area contributed by atoms with Crippen molar-refractivity contribution in [1.82, 2.24) is 20.2 Å². The summed E-state index contributed by atoms with van der Waals surface area (Å²) in [6, 6.07) is -1.99. The molecule has 14 heteroatoms. The highest BCUT2D eigenvalue weighted by Gasteiger charge is 2.37. The lowest BCUT2D eigenvalue weighted by Gasteiger charge is -2.21. The highest BCUT2D eigenvalue weighted by molar-refractivity contribution is 7.17.